The van der Waals surface area contributed by atoms with Gasteiger partial charge in [0.1, 0.15) is 0 Å². The number of carbonyl (C=O) groups is 3. The molecule has 1 fully saturated rings. The molecule has 0 bridgehead atoms. The minimum Gasteiger partial charge on any atom is -0.343 e. The minimum atomic E-state index is -0.289. The molecule has 0 saturated carbocycles. The highest BCUT2D eigenvalue weighted by atomic mass is 16.2. The number of hydrogen-bond acceptors (Lipinski definition) is 3. The Morgan fingerprint density at radius 3 is 2.00 bits per heavy atom. The molecule has 2 aromatic rings. The number of amides is 3. The Bertz CT molecular complexity index is 832. The van der Waals surface area contributed by atoms with E-state index in [-0.39, 0.29) is 17.7 Å². The van der Waals surface area contributed by atoms with Gasteiger partial charge in [-0.15, -0.1) is 0 Å². The molecule has 1 saturated heterocycles. The molecule has 0 atom stereocenters. The molecule has 5 heteroatoms. The van der Waals surface area contributed by atoms with Crippen molar-refractivity contribution in [2.75, 3.05) is 18.0 Å². The van der Waals surface area contributed by atoms with Crippen molar-refractivity contribution < 1.29 is 14.4 Å². The van der Waals surface area contributed by atoms with Crippen LogP contribution in [0.4, 0.5) is 5.69 Å². The van der Waals surface area contributed by atoms with E-state index in [1.54, 1.807) is 36.4 Å². The molecular weight excluding hydrogens is 328 g/mol. The van der Waals surface area contributed by atoms with Crippen LogP contribution in [0.1, 0.15) is 45.5 Å². The smallest absolute Gasteiger partial charge is 0.266 e. The van der Waals surface area contributed by atoms with Crippen molar-refractivity contribution >= 4 is 23.4 Å². The summed E-state index contributed by atoms with van der Waals surface area (Å²) in [7, 11) is 0. The van der Waals surface area contributed by atoms with Crippen molar-refractivity contribution in [1.82, 2.24) is 4.90 Å². The topological polar surface area (TPSA) is 57.7 Å². The van der Waals surface area contributed by atoms with Gasteiger partial charge in [0.2, 0.25) is 5.91 Å². The largest absolute Gasteiger partial charge is 0.343 e. The number of benzene rings is 2. The average Bonchev–Trinajstić information content (AvgIpc) is 3.29. The van der Waals surface area contributed by atoms with Crippen LogP contribution in [0.3, 0.4) is 0 Å². The van der Waals surface area contributed by atoms with Gasteiger partial charge in [0.05, 0.1) is 16.8 Å². The number of nitrogens with zero attached hydrogens (tertiary/aromatic N) is 2. The molecule has 0 radical (unpaired) electrons. The monoisotopic (exact) mass is 348 g/mol. The molecule has 0 N–H and O–H groups in total. The van der Waals surface area contributed by atoms with Crippen LogP contribution >= 0.6 is 0 Å². The molecule has 0 unspecified atom stereocenters. The van der Waals surface area contributed by atoms with Crippen LogP contribution in [-0.4, -0.2) is 35.7 Å². The number of imide groups is 1. The number of rotatable bonds is 4. The van der Waals surface area contributed by atoms with E-state index in [2.05, 4.69) is 0 Å². The van der Waals surface area contributed by atoms with Crippen LogP contribution in [0.5, 0.6) is 0 Å². The highest BCUT2D eigenvalue weighted by Gasteiger charge is 2.36. The van der Waals surface area contributed by atoms with Gasteiger partial charge >= 0.3 is 0 Å². The SMILES string of the molecule is O=C(CCc1ccc(N2C(=O)c3ccccc3C2=O)cc1)N1CCCC1. The van der Waals surface area contributed by atoms with Gasteiger partial charge in [0.15, 0.2) is 0 Å². The van der Waals surface area contributed by atoms with Crippen molar-refractivity contribution in [3.8, 4) is 0 Å². The van der Waals surface area contributed by atoms with Crippen molar-refractivity contribution in [2.24, 2.45) is 0 Å². The first-order valence-corrected chi connectivity index (χ1v) is 9.00. The molecule has 3 amide bonds. The fourth-order valence-corrected chi connectivity index (χ4v) is 3.61. The van der Waals surface area contributed by atoms with Crippen LogP contribution in [0.2, 0.25) is 0 Å². The standard InChI is InChI=1S/C21H20N2O3/c24-19(22-13-3-4-14-22)12-9-15-7-10-16(11-8-15)23-20(25)17-5-1-2-6-18(17)21(23)26/h1-2,5-8,10-11H,3-4,9,12-14H2. The molecule has 2 aliphatic heterocycles. The number of likely N-dealkylation sites (tertiary alicyclic amines) is 1. The van der Waals surface area contributed by atoms with E-state index in [0.717, 1.165) is 31.5 Å². The maximum Gasteiger partial charge on any atom is 0.266 e. The highest BCUT2D eigenvalue weighted by molar-refractivity contribution is 6.34. The Morgan fingerprint density at radius 2 is 1.42 bits per heavy atom. The maximum atomic E-state index is 12.5. The normalized spacial score (nSPS) is 16.3. The van der Waals surface area contributed by atoms with Crippen molar-refractivity contribution in [3.05, 3.63) is 65.2 Å². The van der Waals surface area contributed by atoms with E-state index in [9.17, 15) is 14.4 Å². The Balaban J connectivity index is 1.44. The first-order valence-electron chi connectivity index (χ1n) is 9.00. The summed E-state index contributed by atoms with van der Waals surface area (Å²) in [5.41, 5.74) is 2.47. The average molecular weight is 348 g/mol. The zero-order chi connectivity index (χ0) is 18.1. The Labute approximate surface area is 152 Å². The molecule has 2 aliphatic rings. The lowest BCUT2D eigenvalue weighted by atomic mass is 10.1. The summed E-state index contributed by atoms with van der Waals surface area (Å²) in [6.45, 7) is 1.75. The van der Waals surface area contributed by atoms with Gasteiger partial charge in [0.25, 0.3) is 11.8 Å². The minimum absolute atomic E-state index is 0.201. The van der Waals surface area contributed by atoms with Gasteiger partial charge in [-0.25, -0.2) is 4.90 Å². The van der Waals surface area contributed by atoms with Crippen LogP contribution in [0.25, 0.3) is 0 Å². The Hall–Kier alpha value is -2.95. The molecule has 132 valence electrons. The summed E-state index contributed by atoms with van der Waals surface area (Å²) < 4.78 is 0. The first-order chi connectivity index (χ1) is 12.6. The third-order valence-electron chi connectivity index (χ3n) is 5.07. The maximum absolute atomic E-state index is 12.5. The van der Waals surface area contributed by atoms with Crippen LogP contribution in [-0.2, 0) is 11.2 Å². The summed E-state index contributed by atoms with van der Waals surface area (Å²) in [5, 5.41) is 0. The van der Waals surface area contributed by atoms with Gasteiger partial charge < -0.3 is 4.90 Å². The lowest BCUT2D eigenvalue weighted by Crippen LogP contribution is -2.29. The molecule has 0 aliphatic carbocycles. The van der Waals surface area contributed by atoms with Crippen molar-refractivity contribution in [1.29, 1.82) is 0 Å². The van der Waals surface area contributed by atoms with E-state index in [4.69, 9.17) is 0 Å². The number of anilines is 1. The molecule has 2 heterocycles. The molecule has 26 heavy (non-hydrogen) atoms. The summed E-state index contributed by atoms with van der Waals surface area (Å²) in [4.78, 5) is 40.3. The number of fused-ring (bicyclic) bond motifs is 1. The quantitative estimate of drug-likeness (QED) is 0.798. The molecule has 0 aromatic heterocycles. The number of carbonyl (C=O) groups excluding carboxylic acids is 3. The second-order valence-corrected chi connectivity index (χ2v) is 6.75. The number of hydrogen-bond donors (Lipinski definition) is 0. The molecule has 4 rings (SSSR count). The van der Waals surface area contributed by atoms with E-state index in [0.29, 0.717) is 29.7 Å². The Kier molecular flexibility index (Phi) is 4.29. The third-order valence-corrected chi connectivity index (χ3v) is 5.07. The fraction of sp³-hybridized carbons (Fsp3) is 0.286. The van der Waals surface area contributed by atoms with Gasteiger partial charge in [0, 0.05) is 19.5 Å². The zero-order valence-corrected chi connectivity index (χ0v) is 14.5. The van der Waals surface area contributed by atoms with Gasteiger partial charge in [-0.3, -0.25) is 14.4 Å². The third kappa shape index (κ3) is 2.90. The predicted octanol–water partition coefficient (Wildman–Crippen LogP) is 3.04. The first kappa shape index (κ1) is 16.5. The van der Waals surface area contributed by atoms with Crippen LogP contribution in [0, 0.1) is 0 Å². The second-order valence-electron chi connectivity index (χ2n) is 6.75. The lowest BCUT2D eigenvalue weighted by molar-refractivity contribution is -0.130. The van der Waals surface area contributed by atoms with E-state index in [1.807, 2.05) is 17.0 Å². The van der Waals surface area contributed by atoms with Crippen molar-refractivity contribution in [3.63, 3.8) is 0 Å². The van der Waals surface area contributed by atoms with Gasteiger partial charge in [-0.05, 0) is 49.1 Å². The molecule has 5 nitrogen and oxygen atoms in total. The summed E-state index contributed by atoms with van der Waals surface area (Å²) in [6.07, 6.45) is 3.35. The van der Waals surface area contributed by atoms with Crippen LogP contribution in [0.15, 0.2) is 48.5 Å². The molecule has 2 aromatic carbocycles. The van der Waals surface area contributed by atoms with E-state index >= 15 is 0 Å². The van der Waals surface area contributed by atoms with Gasteiger partial charge in [-0.2, -0.15) is 0 Å². The predicted molar refractivity (Wildman–Crippen MR) is 98.2 cm³/mol. The fourth-order valence-electron chi connectivity index (χ4n) is 3.61. The summed E-state index contributed by atoms with van der Waals surface area (Å²) in [5.74, 6) is -0.378. The van der Waals surface area contributed by atoms with E-state index in [1.165, 1.54) is 4.90 Å². The lowest BCUT2D eigenvalue weighted by Gasteiger charge is -2.16. The highest BCUT2D eigenvalue weighted by Crippen LogP contribution is 2.28. The Morgan fingerprint density at radius 1 is 0.846 bits per heavy atom. The second kappa shape index (κ2) is 6.75. The zero-order valence-electron chi connectivity index (χ0n) is 14.5. The summed E-state index contributed by atoms with van der Waals surface area (Å²) in [6, 6.07) is 14.2. The summed E-state index contributed by atoms with van der Waals surface area (Å²) >= 11 is 0. The van der Waals surface area contributed by atoms with E-state index < -0.39 is 0 Å². The van der Waals surface area contributed by atoms with Crippen LogP contribution < -0.4 is 4.90 Å². The van der Waals surface area contributed by atoms with Gasteiger partial charge in [-0.1, -0.05) is 24.3 Å². The molecule has 0 spiro atoms. The van der Waals surface area contributed by atoms with Crippen molar-refractivity contribution in [2.45, 2.75) is 25.7 Å². The number of aryl methyl sites for hydroxylation is 1. The molecular formula is C21H20N2O3.